The van der Waals surface area contributed by atoms with E-state index in [0.29, 0.717) is 16.9 Å². The molecule has 2 bridgehead atoms. The van der Waals surface area contributed by atoms with Gasteiger partial charge in [0.25, 0.3) is 0 Å². The molecule has 3 rings (SSSR count). The van der Waals surface area contributed by atoms with Crippen molar-refractivity contribution in [3.8, 4) is 0 Å². The zero-order chi connectivity index (χ0) is 19.2. The Hall–Kier alpha value is -2.63. The van der Waals surface area contributed by atoms with Gasteiger partial charge in [-0.15, -0.1) is 0 Å². The zero-order valence-corrected chi connectivity index (χ0v) is 15.3. The lowest BCUT2D eigenvalue weighted by atomic mass is 9.80. The van der Waals surface area contributed by atoms with Gasteiger partial charge in [-0.1, -0.05) is 12.7 Å². The van der Waals surface area contributed by atoms with Crippen LogP contribution in [-0.4, -0.2) is 35.5 Å². The molecule has 4 atom stereocenters. The third kappa shape index (κ3) is 2.79. The number of hydrogen-bond donors (Lipinski definition) is 0. The van der Waals surface area contributed by atoms with Crippen LogP contribution < -0.4 is 0 Å². The molecule has 6 heteroatoms. The van der Waals surface area contributed by atoms with Gasteiger partial charge < -0.3 is 14.2 Å². The first-order valence-corrected chi connectivity index (χ1v) is 8.55. The third-order valence-corrected chi connectivity index (χ3v) is 5.25. The summed E-state index contributed by atoms with van der Waals surface area (Å²) in [4.78, 5) is 36.8. The van der Waals surface area contributed by atoms with Crippen LogP contribution in [0.2, 0.25) is 0 Å². The third-order valence-electron chi connectivity index (χ3n) is 5.25. The molecule has 0 aromatic heterocycles. The van der Waals surface area contributed by atoms with E-state index in [4.69, 9.17) is 14.2 Å². The molecule has 138 valence electrons. The van der Waals surface area contributed by atoms with Gasteiger partial charge in [0, 0.05) is 23.1 Å². The van der Waals surface area contributed by atoms with Crippen molar-refractivity contribution < 1.29 is 28.6 Å². The monoisotopic (exact) mass is 358 g/mol. The van der Waals surface area contributed by atoms with Gasteiger partial charge in [-0.2, -0.15) is 0 Å². The van der Waals surface area contributed by atoms with Crippen LogP contribution in [0.5, 0.6) is 0 Å². The first-order chi connectivity index (χ1) is 12.2. The Kier molecular flexibility index (Phi) is 4.38. The summed E-state index contributed by atoms with van der Waals surface area (Å²) < 4.78 is 16.9. The predicted molar refractivity (Wildman–Crippen MR) is 92.8 cm³/mol. The predicted octanol–water partition coefficient (Wildman–Crippen LogP) is 2.55. The van der Waals surface area contributed by atoms with Crippen LogP contribution in [0.1, 0.15) is 34.1 Å². The van der Waals surface area contributed by atoms with E-state index in [-0.39, 0.29) is 17.8 Å². The van der Waals surface area contributed by atoms with E-state index in [9.17, 15) is 14.4 Å². The summed E-state index contributed by atoms with van der Waals surface area (Å²) in [5.74, 6) is -1.33. The lowest BCUT2D eigenvalue weighted by Gasteiger charge is -2.32. The van der Waals surface area contributed by atoms with Crippen LogP contribution in [0.15, 0.2) is 47.3 Å². The van der Waals surface area contributed by atoms with Gasteiger partial charge in [-0.05, 0) is 45.8 Å². The van der Waals surface area contributed by atoms with Crippen molar-refractivity contribution >= 4 is 17.7 Å². The molecule has 0 aromatic rings. The first-order valence-electron chi connectivity index (χ1n) is 8.55. The Labute approximate surface area is 152 Å². The molecule has 0 radical (unpaired) electrons. The molecule has 0 spiro atoms. The van der Waals surface area contributed by atoms with Crippen molar-refractivity contribution in [2.75, 3.05) is 0 Å². The number of ether oxygens (including phenoxy) is 3. The minimum Gasteiger partial charge on any atom is -0.475 e. The van der Waals surface area contributed by atoms with Gasteiger partial charge in [0.2, 0.25) is 11.4 Å². The van der Waals surface area contributed by atoms with Crippen LogP contribution >= 0.6 is 0 Å². The fourth-order valence-corrected chi connectivity index (χ4v) is 3.44. The number of allylic oxidation sites excluding steroid dienone is 2. The maximum atomic E-state index is 12.5. The highest BCUT2D eigenvalue weighted by Gasteiger charge is 2.57. The molecule has 0 aromatic carbocycles. The van der Waals surface area contributed by atoms with Crippen LogP contribution in [0, 0.1) is 5.92 Å². The Morgan fingerprint density at radius 2 is 2.12 bits per heavy atom. The number of fused-ring (bicyclic) bond motifs is 4. The molecule has 0 aliphatic carbocycles. The molecule has 26 heavy (non-hydrogen) atoms. The van der Waals surface area contributed by atoms with Gasteiger partial charge >= 0.3 is 11.9 Å². The van der Waals surface area contributed by atoms with E-state index >= 15 is 0 Å². The Bertz CT molecular complexity index is 799. The molecular weight excluding hydrogens is 336 g/mol. The van der Waals surface area contributed by atoms with Gasteiger partial charge in [0.05, 0.1) is 0 Å². The molecule has 6 nitrogen and oxygen atoms in total. The second-order valence-corrected chi connectivity index (χ2v) is 7.04. The number of hydrogen-bond acceptors (Lipinski definition) is 6. The number of rotatable bonds is 2. The highest BCUT2D eigenvalue weighted by atomic mass is 16.6. The summed E-state index contributed by atoms with van der Waals surface area (Å²) in [5, 5.41) is 0. The number of carbonyl (C=O) groups excluding carboxylic acids is 3. The average Bonchev–Trinajstić information content (AvgIpc) is 3.06. The first kappa shape index (κ1) is 18.2. The molecule has 0 saturated carbocycles. The normalized spacial score (nSPS) is 33.9. The maximum Gasteiger partial charge on any atom is 0.334 e. The zero-order valence-electron chi connectivity index (χ0n) is 15.3. The van der Waals surface area contributed by atoms with Crippen molar-refractivity contribution in [2.24, 2.45) is 5.92 Å². The lowest BCUT2D eigenvalue weighted by molar-refractivity contribution is -0.159. The minimum atomic E-state index is -1.30. The number of esters is 2. The molecule has 1 saturated heterocycles. The molecule has 1 fully saturated rings. The van der Waals surface area contributed by atoms with Gasteiger partial charge in [0.1, 0.15) is 11.9 Å². The van der Waals surface area contributed by atoms with Crippen LogP contribution in [0.4, 0.5) is 0 Å². The molecule has 3 aliphatic heterocycles. The Morgan fingerprint density at radius 3 is 2.77 bits per heavy atom. The van der Waals surface area contributed by atoms with Gasteiger partial charge in [-0.3, -0.25) is 4.79 Å². The quantitative estimate of drug-likeness (QED) is 0.558. The van der Waals surface area contributed by atoms with E-state index in [0.717, 1.165) is 0 Å². The van der Waals surface area contributed by atoms with Crippen molar-refractivity contribution in [3.63, 3.8) is 0 Å². The molecular formula is C20H22O6. The Balaban J connectivity index is 2.02. The van der Waals surface area contributed by atoms with Crippen LogP contribution in [0.25, 0.3) is 0 Å². The lowest BCUT2D eigenvalue weighted by Crippen LogP contribution is -2.48. The largest absolute Gasteiger partial charge is 0.475 e. The van der Waals surface area contributed by atoms with E-state index in [1.807, 2.05) is 0 Å². The fraction of sp³-hybridized carbons (Fsp3) is 0.450. The SMILES string of the molecule is C=C1C(=O)OC2C1CC(OC(=O)C(C)=CC)C=C(C)C1=CC(=O)C2(C)O1. The smallest absolute Gasteiger partial charge is 0.334 e. The molecule has 3 heterocycles. The van der Waals surface area contributed by atoms with Gasteiger partial charge in [-0.25, -0.2) is 9.59 Å². The van der Waals surface area contributed by atoms with E-state index < -0.39 is 35.7 Å². The standard InChI is InChI=1S/C20H22O6/c1-6-10(2)18(22)24-13-7-11(3)15-9-16(21)20(5,26-15)17-14(8-13)12(4)19(23)25-17/h6-7,9,13-14,17H,4,8H2,1-3,5H3. The average molecular weight is 358 g/mol. The van der Waals surface area contributed by atoms with Gasteiger partial charge in [0.15, 0.2) is 6.10 Å². The summed E-state index contributed by atoms with van der Waals surface area (Å²) in [6.45, 7) is 10.6. The summed E-state index contributed by atoms with van der Waals surface area (Å²) in [6, 6.07) is 0. The van der Waals surface area contributed by atoms with E-state index in [1.54, 1.807) is 39.8 Å². The topological polar surface area (TPSA) is 78.9 Å². The van der Waals surface area contributed by atoms with E-state index in [2.05, 4.69) is 6.58 Å². The molecule has 0 amide bonds. The van der Waals surface area contributed by atoms with Crippen molar-refractivity contribution in [1.29, 1.82) is 0 Å². The van der Waals surface area contributed by atoms with Crippen molar-refractivity contribution in [2.45, 2.75) is 51.9 Å². The fourth-order valence-electron chi connectivity index (χ4n) is 3.44. The maximum absolute atomic E-state index is 12.5. The highest BCUT2D eigenvalue weighted by Crippen LogP contribution is 2.44. The second-order valence-electron chi connectivity index (χ2n) is 7.04. The van der Waals surface area contributed by atoms with Crippen LogP contribution in [0.3, 0.4) is 0 Å². The van der Waals surface area contributed by atoms with Crippen molar-refractivity contribution in [3.05, 3.63) is 47.3 Å². The highest BCUT2D eigenvalue weighted by molar-refractivity contribution is 6.02. The number of ketones is 1. The number of carbonyl (C=O) groups is 3. The Morgan fingerprint density at radius 1 is 1.42 bits per heavy atom. The van der Waals surface area contributed by atoms with E-state index in [1.165, 1.54) is 6.08 Å². The molecule has 4 unspecified atom stereocenters. The minimum absolute atomic E-state index is 0.252. The summed E-state index contributed by atoms with van der Waals surface area (Å²) in [6.07, 6.45) is 3.69. The van der Waals surface area contributed by atoms with Crippen molar-refractivity contribution in [1.82, 2.24) is 0 Å². The second kappa shape index (κ2) is 6.27. The molecule has 3 aliphatic rings. The summed E-state index contributed by atoms with van der Waals surface area (Å²) in [5.41, 5.74) is 0.138. The van der Waals surface area contributed by atoms with Crippen LogP contribution in [-0.2, 0) is 28.6 Å². The molecule has 0 N–H and O–H groups in total. The summed E-state index contributed by atoms with van der Waals surface area (Å²) in [7, 11) is 0. The summed E-state index contributed by atoms with van der Waals surface area (Å²) >= 11 is 0.